The van der Waals surface area contributed by atoms with Gasteiger partial charge in [-0.1, -0.05) is 6.07 Å². The van der Waals surface area contributed by atoms with E-state index >= 15 is 0 Å². The molecule has 0 amide bonds. The van der Waals surface area contributed by atoms with Crippen LogP contribution in [0.5, 0.6) is 11.5 Å². The molecule has 0 fully saturated rings. The molecule has 2 heterocycles. The third-order valence-electron chi connectivity index (χ3n) is 3.19. The van der Waals surface area contributed by atoms with Crippen molar-refractivity contribution in [2.75, 3.05) is 25.1 Å². The van der Waals surface area contributed by atoms with Crippen molar-refractivity contribution in [1.82, 2.24) is 9.97 Å². The number of rotatable bonds is 4. The molecule has 0 aliphatic carbocycles. The molecule has 104 valence electrons. The Morgan fingerprint density at radius 2 is 2.15 bits per heavy atom. The van der Waals surface area contributed by atoms with E-state index in [0.29, 0.717) is 13.2 Å². The second-order valence-corrected chi connectivity index (χ2v) is 4.71. The second kappa shape index (κ2) is 5.77. The van der Waals surface area contributed by atoms with Gasteiger partial charge in [0.15, 0.2) is 11.5 Å². The van der Waals surface area contributed by atoms with Gasteiger partial charge in [0.2, 0.25) is 0 Å². The fourth-order valence-corrected chi connectivity index (χ4v) is 2.28. The Morgan fingerprint density at radius 3 is 3.00 bits per heavy atom. The molecule has 1 N–H and O–H groups in total. The maximum Gasteiger partial charge on any atom is 0.164 e. The summed E-state index contributed by atoms with van der Waals surface area (Å²) in [6.45, 7) is 4.11. The van der Waals surface area contributed by atoms with Crippen molar-refractivity contribution in [3.63, 3.8) is 0 Å². The summed E-state index contributed by atoms with van der Waals surface area (Å²) in [5.41, 5.74) is 2.35. The molecule has 5 heteroatoms. The third kappa shape index (κ3) is 2.82. The first-order valence-electron chi connectivity index (χ1n) is 6.72. The highest BCUT2D eigenvalue weighted by atomic mass is 16.6. The largest absolute Gasteiger partial charge is 0.486 e. The van der Waals surface area contributed by atoms with E-state index in [1.807, 2.05) is 6.07 Å². The zero-order valence-corrected chi connectivity index (χ0v) is 11.4. The fourth-order valence-electron chi connectivity index (χ4n) is 2.28. The molecule has 0 saturated carbocycles. The molecule has 0 radical (unpaired) electrons. The van der Waals surface area contributed by atoms with Crippen LogP contribution in [0.3, 0.4) is 0 Å². The van der Waals surface area contributed by atoms with E-state index in [1.54, 1.807) is 6.20 Å². The zero-order chi connectivity index (χ0) is 13.8. The van der Waals surface area contributed by atoms with Gasteiger partial charge >= 0.3 is 0 Å². The van der Waals surface area contributed by atoms with Gasteiger partial charge in [0.25, 0.3) is 0 Å². The standard InChI is InChI=1S/C15H17N3O2/c1-11-8-12(9-13-15(11)20-7-6-19-13)2-5-17-14-3-4-16-10-18-14/h3-4,8-10H,2,5-7H2,1H3,(H,16,17,18). The summed E-state index contributed by atoms with van der Waals surface area (Å²) in [6.07, 6.45) is 4.17. The average Bonchev–Trinajstić information content (AvgIpc) is 2.48. The highest BCUT2D eigenvalue weighted by molar-refractivity contribution is 5.50. The van der Waals surface area contributed by atoms with E-state index in [-0.39, 0.29) is 0 Å². The van der Waals surface area contributed by atoms with E-state index in [0.717, 1.165) is 35.8 Å². The Morgan fingerprint density at radius 1 is 1.25 bits per heavy atom. The highest BCUT2D eigenvalue weighted by Crippen LogP contribution is 2.34. The molecule has 1 aromatic carbocycles. The van der Waals surface area contributed by atoms with Crippen molar-refractivity contribution >= 4 is 5.82 Å². The molecular weight excluding hydrogens is 254 g/mol. The number of ether oxygens (including phenoxy) is 2. The van der Waals surface area contributed by atoms with Gasteiger partial charge in [-0.15, -0.1) is 0 Å². The molecule has 2 aromatic rings. The number of nitrogens with one attached hydrogen (secondary N) is 1. The summed E-state index contributed by atoms with van der Waals surface area (Å²) in [5.74, 6) is 2.58. The van der Waals surface area contributed by atoms with E-state index in [1.165, 1.54) is 11.9 Å². The summed E-state index contributed by atoms with van der Waals surface area (Å²) >= 11 is 0. The molecule has 1 aromatic heterocycles. The van der Waals surface area contributed by atoms with Gasteiger partial charge in [-0.3, -0.25) is 0 Å². The summed E-state index contributed by atoms with van der Waals surface area (Å²) < 4.78 is 11.3. The molecule has 0 spiro atoms. The van der Waals surface area contributed by atoms with Crippen LogP contribution in [0.1, 0.15) is 11.1 Å². The Hall–Kier alpha value is -2.30. The lowest BCUT2D eigenvalue weighted by Gasteiger charge is -2.21. The molecule has 1 aliphatic heterocycles. The van der Waals surface area contributed by atoms with Crippen LogP contribution in [0.25, 0.3) is 0 Å². The molecule has 0 unspecified atom stereocenters. The number of nitrogens with zero attached hydrogens (tertiary/aromatic N) is 2. The lowest BCUT2D eigenvalue weighted by Crippen LogP contribution is -2.16. The number of hydrogen-bond acceptors (Lipinski definition) is 5. The molecule has 20 heavy (non-hydrogen) atoms. The Bertz CT molecular complexity index is 587. The van der Waals surface area contributed by atoms with Crippen LogP contribution in [0, 0.1) is 6.92 Å². The van der Waals surface area contributed by atoms with E-state index < -0.39 is 0 Å². The summed E-state index contributed by atoms with van der Waals surface area (Å²) in [4.78, 5) is 8.02. The van der Waals surface area contributed by atoms with Crippen LogP contribution in [0.15, 0.2) is 30.7 Å². The Kier molecular flexibility index (Phi) is 3.67. The number of hydrogen-bond donors (Lipinski definition) is 1. The highest BCUT2D eigenvalue weighted by Gasteiger charge is 2.15. The first kappa shape index (κ1) is 12.7. The summed E-state index contributed by atoms with van der Waals surface area (Å²) in [6, 6.07) is 6.06. The molecule has 0 saturated heterocycles. The van der Waals surface area contributed by atoms with Crippen molar-refractivity contribution in [1.29, 1.82) is 0 Å². The van der Waals surface area contributed by atoms with Crippen LogP contribution in [0.4, 0.5) is 5.82 Å². The lowest BCUT2D eigenvalue weighted by molar-refractivity contribution is 0.170. The second-order valence-electron chi connectivity index (χ2n) is 4.71. The number of anilines is 1. The van der Waals surface area contributed by atoms with Crippen LogP contribution in [-0.4, -0.2) is 29.7 Å². The molecule has 0 atom stereocenters. The number of fused-ring (bicyclic) bond motifs is 1. The molecule has 1 aliphatic rings. The first-order chi connectivity index (χ1) is 9.83. The predicted octanol–water partition coefficient (Wildman–Crippen LogP) is 2.21. The minimum atomic E-state index is 0.620. The number of benzene rings is 1. The molecule has 3 rings (SSSR count). The predicted molar refractivity (Wildman–Crippen MR) is 76.4 cm³/mol. The van der Waals surface area contributed by atoms with E-state index in [4.69, 9.17) is 9.47 Å². The minimum absolute atomic E-state index is 0.620. The Labute approximate surface area is 118 Å². The van der Waals surface area contributed by atoms with Crippen LogP contribution < -0.4 is 14.8 Å². The van der Waals surface area contributed by atoms with Crippen LogP contribution in [-0.2, 0) is 6.42 Å². The third-order valence-corrected chi connectivity index (χ3v) is 3.19. The normalized spacial score (nSPS) is 13.1. The topological polar surface area (TPSA) is 56.3 Å². The fraction of sp³-hybridized carbons (Fsp3) is 0.333. The smallest absolute Gasteiger partial charge is 0.164 e. The van der Waals surface area contributed by atoms with Crippen molar-refractivity contribution in [3.8, 4) is 11.5 Å². The molecular formula is C15H17N3O2. The minimum Gasteiger partial charge on any atom is -0.486 e. The van der Waals surface area contributed by atoms with Gasteiger partial charge in [0.05, 0.1) is 0 Å². The van der Waals surface area contributed by atoms with Crippen molar-refractivity contribution in [2.45, 2.75) is 13.3 Å². The zero-order valence-electron chi connectivity index (χ0n) is 11.4. The summed E-state index contributed by atoms with van der Waals surface area (Å²) in [7, 11) is 0. The molecule has 5 nitrogen and oxygen atoms in total. The van der Waals surface area contributed by atoms with Gasteiger partial charge in [-0.2, -0.15) is 0 Å². The first-order valence-corrected chi connectivity index (χ1v) is 6.72. The van der Waals surface area contributed by atoms with E-state index in [2.05, 4.69) is 34.3 Å². The van der Waals surface area contributed by atoms with Crippen molar-refractivity contribution in [3.05, 3.63) is 41.9 Å². The maximum absolute atomic E-state index is 5.64. The SMILES string of the molecule is Cc1cc(CCNc2ccncn2)cc2c1OCCO2. The number of aromatic nitrogens is 2. The summed E-state index contributed by atoms with van der Waals surface area (Å²) in [5, 5.41) is 3.27. The van der Waals surface area contributed by atoms with E-state index in [9.17, 15) is 0 Å². The van der Waals surface area contributed by atoms with Crippen LogP contribution >= 0.6 is 0 Å². The van der Waals surface area contributed by atoms with Gasteiger partial charge < -0.3 is 14.8 Å². The van der Waals surface area contributed by atoms with Gasteiger partial charge in [0, 0.05) is 12.7 Å². The quantitative estimate of drug-likeness (QED) is 0.924. The van der Waals surface area contributed by atoms with Gasteiger partial charge in [-0.05, 0) is 36.6 Å². The lowest BCUT2D eigenvalue weighted by atomic mass is 10.1. The maximum atomic E-state index is 5.64. The van der Waals surface area contributed by atoms with Gasteiger partial charge in [-0.25, -0.2) is 9.97 Å². The van der Waals surface area contributed by atoms with Gasteiger partial charge in [0.1, 0.15) is 25.4 Å². The Balaban J connectivity index is 1.64. The molecule has 0 bridgehead atoms. The monoisotopic (exact) mass is 271 g/mol. The average molecular weight is 271 g/mol. The number of aryl methyl sites for hydroxylation is 1. The van der Waals surface area contributed by atoms with Crippen LogP contribution in [0.2, 0.25) is 0 Å². The van der Waals surface area contributed by atoms with Crippen molar-refractivity contribution in [2.24, 2.45) is 0 Å². The van der Waals surface area contributed by atoms with Crippen molar-refractivity contribution < 1.29 is 9.47 Å².